The summed E-state index contributed by atoms with van der Waals surface area (Å²) in [5.41, 5.74) is 0. The Hall–Kier alpha value is 2.11. The van der Waals surface area contributed by atoms with Crippen LogP contribution in [0.4, 0.5) is 0 Å². The van der Waals surface area contributed by atoms with Crippen molar-refractivity contribution in [2.24, 2.45) is 0 Å². The third kappa shape index (κ3) is 23.6. The molecule has 0 aliphatic rings. The van der Waals surface area contributed by atoms with Gasteiger partial charge in [-0.3, -0.25) is 0 Å². The number of hydrogen-bond acceptors (Lipinski definition) is 1. The molecule has 0 saturated heterocycles. The van der Waals surface area contributed by atoms with Crippen LogP contribution in [-0.2, 0) is 11.1 Å². The molecule has 0 aromatic carbocycles. The molecule has 0 aliphatic heterocycles. The van der Waals surface area contributed by atoms with E-state index in [9.17, 15) is 4.21 Å². The Morgan fingerprint density at radius 2 is 1.18 bits per heavy atom. The van der Waals surface area contributed by atoms with Crippen LogP contribution >= 0.6 is 0 Å². The first-order chi connectivity index (χ1) is 7.27. The monoisotopic (exact) mass is 282 g/mol. The zero-order valence-electron chi connectivity index (χ0n) is 14.0. The average molecular weight is 282 g/mol. The fourth-order valence-electron chi connectivity index (χ4n) is 1.71. The van der Waals surface area contributed by atoms with Crippen LogP contribution in [0.1, 0.15) is 74.0 Å². The molecule has 1 atom stereocenters. The van der Waals surface area contributed by atoms with Gasteiger partial charge < -0.3 is 7.41 Å². The molecule has 2 nitrogen and oxygen atoms in total. The quantitative estimate of drug-likeness (QED) is 0.280. The van der Waals surface area contributed by atoms with Gasteiger partial charge in [-0.2, -0.15) is 0 Å². The van der Waals surface area contributed by atoms with Crippen molar-refractivity contribution in [2.45, 2.75) is 71.1 Å². The van der Waals surface area contributed by atoms with E-state index in [0.29, 0.717) is 5.75 Å². The molecule has 0 aromatic heterocycles. The van der Waals surface area contributed by atoms with Crippen LogP contribution < -0.4 is 59.1 Å². The molecule has 0 fully saturated rings. The molecule has 17 heavy (non-hydrogen) atoms. The van der Waals surface area contributed by atoms with Gasteiger partial charge in [0, 0.05) is 5.75 Å². The molecule has 1 N–H and O–H groups in total. The number of unbranched alkanes of at least 4 members (excludes halogenated alkanes) is 9. The molecule has 0 aromatic rings. The van der Waals surface area contributed by atoms with Gasteiger partial charge in [-0.05, 0) is 6.42 Å². The van der Waals surface area contributed by atoms with Crippen LogP contribution in [0.25, 0.3) is 0 Å². The van der Waals surface area contributed by atoms with Crippen molar-refractivity contribution in [3.05, 3.63) is 0 Å². The van der Waals surface area contributed by atoms with E-state index in [1.807, 2.05) is 0 Å². The Labute approximate surface area is 157 Å². The summed E-state index contributed by atoms with van der Waals surface area (Å²) in [5.74, 6) is 0.455. The van der Waals surface area contributed by atoms with E-state index in [0.717, 1.165) is 12.8 Å². The normalized spacial score (nSPS) is 11.4. The van der Waals surface area contributed by atoms with Crippen LogP contribution in [-0.4, -0.2) is 14.5 Å². The summed E-state index contributed by atoms with van der Waals surface area (Å²) in [5, 5.41) is 0. The van der Waals surface area contributed by atoms with Gasteiger partial charge in [0.2, 0.25) is 0 Å². The first-order valence-corrected chi connectivity index (χ1v) is 7.62. The maximum atomic E-state index is 10.3. The average Bonchev–Trinajstić information content (AvgIpc) is 2.20. The van der Waals surface area contributed by atoms with E-state index in [2.05, 4.69) is 6.92 Å². The van der Waals surface area contributed by atoms with Crippen molar-refractivity contribution in [1.82, 2.24) is 0 Å². The predicted octanol–water partition coefficient (Wildman–Crippen LogP) is -1.64. The maximum Gasteiger partial charge on any atom is 1.00 e. The largest absolute Gasteiger partial charge is 1.00 e. The fourth-order valence-corrected chi connectivity index (χ4v) is 2.16. The summed E-state index contributed by atoms with van der Waals surface area (Å²) in [4.78, 5) is 0. The molecule has 5 heteroatoms. The zero-order valence-corrected chi connectivity index (χ0v) is 16.9. The summed E-state index contributed by atoms with van der Waals surface area (Å²) < 4.78 is 18.9. The fraction of sp³-hybridized carbons (Fsp3) is 1.00. The van der Waals surface area contributed by atoms with Crippen molar-refractivity contribution in [3.8, 4) is 0 Å². The molecule has 0 bridgehead atoms. The number of rotatable bonds is 11. The van der Waals surface area contributed by atoms with Gasteiger partial charge in [0.25, 0.3) is 0 Å². The molecule has 0 radical (unpaired) electrons. The minimum atomic E-state index is -1.58. The van der Waals surface area contributed by atoms with E-state index in [1.54, 1.807) is 0 Å². The third-order valence-electron chi connectivity index (χ3n) is 2.67. The smallest absolute Gasteiger partial charge is 1.00 e. The Balaban J connectivity index is -0.000000163. The molecule has 96 valence electrons. The second-order valence-electron chi connectivity index (χ2n) is 4.21. The Morgan fingerprint density at radius 3 is 1.53 bits per heavy atom. The molecule has 0 rings (SSSR count). The van der Waals surface area contributed by atoms with Crippen molar-refractivity contribution in [3.63, 3.8) is 0 Å². The van der Waals surface area contributed by atoms with Gasteiger partial charge in [-0.15, -0.1) is 0 Å². The van der Waals surface area contributed by atoms with E-state index in [-0.39, 0.29) is 62.0 Å². The third-order valence-corrected chi connectivity index (χ3v) is 3.31. The predicted molar refractivity (Wildman–Crippen MR) is 69.7 cm³/mol. The van der Waals surface area contributed by atoms with Crippen molar-refractivity contribution in [2.75, 3.05) is 5.75 Å². The summed E-state index contributed by atoms with van der Waals surface area (Å²) in [6.07, 6.45) is 12.7. The van der Waals surface area contributed by atoms with Gasteiger partial charge in [-0.1, -0.05) is 64.7 Å². The van der Waals surface area contributed by atoms with Gasteiger partial charge in [-0.25, -0.2) is 4.21 Å². The van der Waals surface area contributed by atoms with Crippen molar-refractivity contribution < 1.29 is 70.7 Å². The second kappa shape index (κ2) is 20.4. The van der Waals surface area contributed by atoms with Gasteiger partial charge in [0.05, 0.1) is 0 Å². The van der Waals surface area contributed by atoms with Gasteiger partial charge in [0.1, 0.15) is 0 Å². The Kier molecular flexibility index (Phi) is 29.0. The molecular formula is C12H28Na2O2S. The van der Waals surface area contributed by atoms with Crippen LogP contribution in [0, 0.1) is 0 Å². The maximum absolute atomic E-state index is 10.3. The molecule has 0 amide bonds. The Morgan fingerprint density at radius 1 is 0.824 bits per heavy atom. The first kappa shape index (κ1) is 24.1. The van der Waals surface area contributed by atoms with Crippen LogP contribution in [0.3, 0.4) is 0 Å². The summed E-state index contributed by atoms with van der Waals surface area (Å²) >= 11 is -1.58. The second-order valence-corrected chi connectivity index (χ2v) is 5.26. The Bertz CT molecular complexity index is 167. The standard InChI is InChI=1S/C12H26O2S.2Na.2H/c1-2-3-4-5-6-7-8-9-10-11-12-15(13)14;;;;/h2-12H2,1H3,(H,13,14);;;;/q;2*+1;2*-1. The molecule has 1 unspecified atom stereocenters. The van der Waals surface area contributed by atoms with Crippen LogP contribution in [0.2, 0.25) is 0 Å². The van der Waals surface area contributed by atoms with E-state index < -0.39 is 11.1 Å². The van der Waals surface area contributed by atoms with Crippen LogP contribution in [0.5, 0.6) is 0 Å². The zero-order chi connectivity index (χ0) is 11.4. The van der Waals surface area contributed by atoms with E-state index >= 15 is 0 Å². The topological polar surface area (TPSA) is 37.3 Å². The summed E-state index contributed by atoms with van der Waals surface area (Å²) in [6.45, 7) is 2.24. The molecule has 0 heterocycles. The van der Waals surface area contributed by atoms with Crippen molar-refractivity contribution >= 4 is 11.1 Å². The molecule has 0 aliphatic carbocycles. The summed E-state index contributed by atoms with van der Waals surface area (Å²) in [7, 11) is 0. The molecule has 0 spiro atoms. The SMILES string of the molecule is CCCCCCCCCCCCS(=O)O.[H-].[H-].[Na+].[Na+]. The minimum absolute atomic E-state index is 0. The molecular weight excluding hydrogens is 254 g/mol. The summed E-state index contributed by atoms with van der Waals surface area (Å²) in [6, 6.07) is 0. The van der Waals surface area contributed by atoms with Gasteiger partial charge >= 0.3 is 59.1 Å². The number of hydrogen-bond donors (Lipinski definition) is 1. The minimum Gasteiger partial charge on any atom is -1.00 e. The van der Waals surface area contributed by atoms with Crippen molar-refractivity contribution in [1.29, 1.82) is 0 Å². The first-order valence-electron chi connectivity index (χ1n) is 6.35. The molecule has 0 saturated carbocycles. The van der Waals surface area contributed by atoms with Gasteiger partial charge in [0.15, 0.2) is 11.1 Å². The van der Waals surface area contributed by atoms with E-state index in [1.165, 1.54) is 51.4 Å². The van der Waals surface area contributed by atoms with E-state index in [4.69, 9.17) is 4.55 Å². The van der Waals surface area contributed by atoms with Crippen LogP contribution in [0.15, 0.2) is 0 Å².